The zero-order valence-corrected chi connectivity index (χ0v) is 16.5. The van der Waals surface area contributed by atoms with Gasteiger partial charge in [-0.3, -0.25) is 13.8 Å². The first-order valence-electron chi connectivity index (χ1n) is 9.65. The van der Waals surface area contributed by atoms with Gasteiger partial charge in [0.2, 0.25) is 5.78 Å². The van der Waals surface area contributed by atoms with Crippen LogP contribution in [0.5, 0.6) is 5.75 Å². The van der Waals surface area contributed by atoms with Crippen LogP contribution in [0, 0.1) is 0 Å². The van der Waals surface area contributed by atoms with E-state index in [0.717, 1.165) is 17.5 Å². The van der Waals surface area contributed by atoms with Crippen LogP contribution < -0.4 is 10.3 Å². The molecule has 2 aromatic carbocycles. The first-order chi connectivity index (χ1) is 14.1. The highest BCUT2D eigenvalue weighted by Crippen LogP contribution is 2.18. The maximum absolute atomic E-state index is 12.7. The van der Waals surface area contributed by atoms with Crippen LogP contribution in [-0.4, -0.2) is 24.9 Å². The molecule has 0 unspecified atom stereocenters. The first kappa shape index (κ1) is 18.9. The van der Waals surface area contributed by atoms with Crippen LogP contribution in [0.3, 0.4) is 0 Å². The standard InChI is InChI=1S/C22H22N4O3/c1-3-25-21(28)18-6-4-5-7-19(18)26-20(23-24-22(25)26)14-29-17-12-10-16(11-13-17)9-8-15(2)27/h4-7,10-13H,3,8-9,14H2,1-2H3. The lowest BCUT2D eigenvalue weighted by molar-refractivity contribution is -0.116. The van der Waals surface area contributed by atoms with Crippen LogP contribution in [0.1, 0.15) is 31.7 Å². The minimum Gasteiger partial charge on any atom is -0.486 e. The minimum atomic E-state index is -0.0726. The number of rotatable bonds is 7. The fourth-order valence-corrected chi connectivity index (χ4v) is 3.41. The average Bonchev–Trinajstić information content (AvgIpc) is 3.16. The van der Waals surface area contributed by atoms with E-state index >= 15 is 0 Å². The van der Waals surface area contributed by atoms with E-state index in [9.17, 15) is 9.59 Å². The van der Waals surface area contributed by atoms with Crippen molar-refractivity contribution in [1.82, 2.24) is 19.2 Å². The predicted octanol–water partition coefficient (Wildman–Crippen LogP) is 3.16. The van der Waals surface area contributed by atoms with Crippen molar-refractivity contribution in [1.29, 1.82) is 0 Å². The van der Waals surface area contributed by atoms with Gasteiger partial charge in [0.1, 0.15) is 18.1 Å². The number of fused-ring (bicyclic) bond motifs is 3. The van der Waals surface area contributed by atoms with Gasteiger partial charge in [-0.1, -0.05) is 24.3 Å². The second kappa shape index (κ2) is 7.87. The minimum absolute atomic E-state index is 0.0726. The molecule has 0 N–H and O–H groups in total. The number of hydrogen-bond acceptors (Lipinski definition) is 5. The van der Waals surface area contributed by atoms with Crippen molar-refractivity contribution in [3.8, 4) is 5.75 Å². The quantitative estimate of drug-likeness (QED) is 0.484. The summed E-state index contributed by atoms with van der Waals surface area (Å²) in [6, 6.07) is 15.1. The van der Waals surface area contributed by atoms with Crippen molar-refractivity contribution in [2.75, 3.05) is 0 Å². The molecule has 148 valence electrons. The Morgan fingerprint density at radius 2 is 1.83 bits per heavy atom. The lowest BCUT2D eigenvalue weighted by atomic mass is 10.1. The summed E-state index contributed by atoms with van der Waals surface area (Å²) < 4.78 is 9.40. The molecule has 0 aliphatic carbocycles. The number of carbonyl (C=O) groups excluding carboxylic acids is 1. The summed E-state index contributed by atoms with van der Waals surface area (Å²) in [5, 5.41) is 9.12. The molecule has 4 aromatic rings. The van der Waals surface area contributed by atoms with Gasteiger partial charge in [-0.15, -0.1) is 10.2 Å². The zero-order chi connectivity index (χ0) is 20.4. The summed E-state index contributed by atoms with van der Waals surface area (Å²) in [4.78, 5) is 23.8. The van der Waals surface area contributed by atoms with Crippen LogP contribution >= 0.6 is 0 Å². The number of carbonyl (C=O) groups is 1. The molecule has 0 aliphatic rings. The van der Waals surface area contributed by atoms with E-state index in [-0.39, 0.29) is 17.9 Å². The van der Waals surface area contributed by atoms with Crippen molar-refractivity contribution < 1.29 is 9.53 Å². The largest absolute Gasteiger partial charge is 0.486 e. The molecule has 4 rings (SSSR count). The van der Waals surface area contributed by atoms with E-state index < -0.39 is 0 Å². The first-order valence-corrected chi connectivity index (χ1v) is 9.65. The van der Waals surface area contributed by atoms with Crippen LogP contribution in [0.4, 0.5) is 0 Å². The number of aryl methyl sites for hydroxylation is 2. The second-order valence-corrected chi connectivity index (χ2v) is 6.95. The molecule has 0 fully saturated rings. The lowest BCUT2D eigenvalue weighted by Gasteiger charge is -2.10. The van der Waals surface area contributed by atoms with Gasteiger partial charge in [-0.2, -0.15) is 0 Å². The second-order valence-electron chi connectivity index (χ2n) is 6.95. The number of nitrogens with zero attached hydrogens (tertiary/aromatic N) is 4. The SMILES string of the molecule is CCn1c(=O)c2ccccc2n2c(COc3ccc(CCC(C)=O)cc3)nnc12. The normalized spacial score (nSPS) is 11.2. The molecule has 0 aliphatic heterocycles. The highest BCUT2D eigenvalue weighted by molar-refractivity contribution is 5.80. The Labute approximate surface area is 167 Å². The van der Waals surface area contributed by atoms with Crippen molar-refractivity contribution in [2.45, 2.75) is 39.8 Å². The molecule has 2 aromatic heterocycles. The molecule has 7 nitrogen and oxygen atoms in total. The Balaban J connectivity index is 1.63. The topological polar surface area (TPSA) is 78.5 Å². The molecule has 29 heavy (non-hydrogen) atoms. The van der Waals surface area contributed by atoms with Gasteiger partial charge >= 0.3 is 0 Å². The molecule has 0 bridgehead atoms. The molecule has 0 amide bonds. The number of hydrogen-bond donors (Lipinski definition) is 0. The van der Waals surface area contributed by atoms with E-state index in [1.807, 2.05) is 59.9 Å². The van der Waals surface area contributed by atoms with E-state index in [1.54, 1.807) is 11.5 Å². The third-order valence-corrected chi connectivity index (χ3v) is 4.95. The summed E-state index contributed by atoms with van der Waals surface area (Å²) in [6.07, 6.45) is 1.27. The van der Waals surface area contributed by atoms with Crippen molar-refractivity contribution >= 4 is 22.5 Å². The molecular weight excluding hydrogens is 368 g/mol. The van der Waals surface area contributed by atoms with Gasteiger partial charge in [0.05, 0.1) is 10.9 Å². The van der Waals surface area contributed by atoms with Crippen LogP contribution in [-0.2, 0) is 24.4 Å². The maximum Gasteiger partial charge on any atom is 0.262 e. The predicted molar refractivity (Wildman–Crippen MR) is 110 cm³/mol. The number of ether oxygens (including phenoxy) is 1. The third kappa shape index (κ3) is 3.63. The van der Waals surface area contributed by atoms with Crippen LogP contribution in [0.2, 0.25) is 0 Å². The number of benzene rings is 2. The van der Waals surface area contributed by atoms with Crippen molar-refractivity contribution in [3.63, 3.8) is 0 Å². The highest BCUT2D eigenvalue weighted by atomic mass is 16.5. The highest BCUT2D eigenvalue weighted by Gasteiger charge is 2.15. The number of ketones is 1. The molecule has 0 radical (unpaired) electrons. The summed E-state index contributed by atoms with van der Waals surface area (Å²) in [5.41, 5.74) is 1.79. The van der Waals surface area contributed by atoms with E-state index in [0.29, 0.717) is 35.7 Å². The van der Waals surface area contributed by atoms with Gasteiger partial charge in [0.25, 0.3) is 5.56 Å². The van der Waals surface area contributed by atoms with E-state index in [4.69, 9.17) is 4.74 Å². The van der Waals surface area contributed by atoms with Crippen LogP contribution in [0.15, 0.2) is 53.3 Å². The lowest BCUT2D eigenvalue weighted by Crippen LogP contribution is -2.22. The third-order valence-electron chi connectivity index (χ3n) is 4.95. The molecule has 7 heteroatoms. The Hall–Kier alpha value is -3.48. The van der Waals surface area contributed by atoms with E-state index in [2.05, 4.69) is 10.2 Å². The molecule has 0 saturated carbocycles. The Morgan fingerprint density at radius 3 is 2.55 bits per heavy atom. The van der Waals surface area contributed by atoms with Crippen molar-refractivity contribution in [2.24, 2.45) is 0 Å². The summed E-state index contributed by atoms with van der Waals surface area (Å²) in [6.45, 7) is 4.24. The Kier molecular flexibility index (Phi) is 5.12. The number of Topliss-reactive ketones (excluding diaryl/α,β-unsaturated/α-hetero) is 1. The monoisotopic (exact) mass is 390 g/mol. The van der Waals surface area contributed by atoms with Gasteiger partial charge in [0, 0.05) is 13.0 Å². The summed E-state index contributed by atoms with van der Waals surface area (Å²) >= 11 is 0. The van der Waals surface area contributed by atoms with E-state index in [1.165, 1.54) is 0 Å². The Morgan fingerprint density at radius 1 is 1.07 bits per heavy atom. The Bertz CT molecular complexity index is 1240. The van der Waals surface area contributed by atoms with Gasteiger partial charge in [-0.05, 0) is 50.1 Å². The maximum atomic E-state index is 12.7. The smallest absolute Gasteiger partial charge is 0.262 e. The fourth-order valence-electron chi connectivity index (χ4n) is 3.41. The fraction of sp³-hybridized carbons (Fsp3) is 0.273. The molecule has 0 atom stereocenters. The van der Waals surface area contributed by atoms with Crippen molar-refractivity contribution in [3.05, 3.63) is 70.3 Å². The van der Waals surface area contributed by atoms with Crippen LogP contribution in [0.25, 0.3) is 16.7 Å². The van der Waals surface area contributed by atoms with Gasteiger partial charge in [-0.25, -0.2) is 0 Å². The molecule has 0 spiro atoms. The summed E-state index contributed by atoms with van der Waals surface area (Å²) in [5.74, 6) is 2.02. The van der Waals surface area contributed by atoms with Gasteiger partial charge < -0.3 is 9.53 Å². The zero-order valence-electron chi connectivity index (χ0n) is 16.5. The number of para-hydroxylation sites is 1. The van der Waals surface area contributed by atoms with Gasteiger partial charge in [0.15, 0.2) is 5.82 Å². The average molecular weight is 390 g/mol. The molecule has 2 heterocycles. The number of aromatic nitrogens is 4. The molecular formula is C22H22N4O3. The molecule has 0 saturated heterocycles. The summed E-state index contributed by atoms with van der Waals surface area (Å²) in [7, 11) is 0.